The third kappa shape index (κ3) is 2.87. The zero-order valence-electron chi connectivity index (χ0n) is 15.5. The highest BCUT2D eigenvalue weighted by molar-refractivity contribution is 6.35. The molecule has 3 aromatic rings. The Labute approximate surface area is 162 Å². The molecule has 0 radical (unpaired) electrons. The molecule has 4 rings (SSSR count). The SMILES string of the molecule is Cc1ccc(C)c(NC(=O)c2ccccc2N2C(=O)c3ccccc3C2=O)c1. The molecule has 138 valence electrons. The molecule has 1 aliphatic rings. The lowest BCUT2D eigenvalue weighted by Crippen LogP contribution is -2.31. The highest BCUT2D eigenvalue weighted by Gasteiger charge is 2.37. The largest absolute Gasteiger partial charge is 0.322 e. The fourth-order valence-electron chi connectivity index (χ4n) is 3.33. The summed E-state index contributed by atoms with van der Waals surface area (Å²) < 4.78 is 0. The van der Waals surface area contributed by atoms with Crippen LogP contribution in [-0.2, 0) is 0 Å². The molecular formula is C23H18N2O3. The second-order valence-corrected chi connectivity index (χ2v) is 6.78. The number of imide groups is 1. The van der Waals surface area contributed by atoms with Gasteiger partial charge in [-0.15, -0.1) is 0 Å². The van der Waals surface area contributed by atoms with E-state index in [1.807, 2.05) is 32.0 Å². The normalized spacial score (nSPS) is 12.9. The van der Waals surface area contributed by atoms with E-state index in [2.05, 4.69) is 5.32 Å². The first-order valence-electron chi connectivity index (χ1n) is 8.93. The van der Waals surface area contributed by atoms with E-state index in [9.17, 15) is 14.4 Å². The number of nitrogens with zero attached hydrogens (tertiary/aromatic N) is 1. The van der Waals surface area contributed by atoms with E-state index in [1.54, 1.807) is 48.5 Å². The number of nitrogens with one attached hydrogen (secondary N) is 1. The molecular weight excluding hydrogens is 352 g/mol. The van der Waals surface area contributed by atoms with E-state index < -0.39 is 11.8 Å². The minimum absolute atomic E-state index is 0.262. The van der Waals surface area contributed by atoms with Gasteiger partial charge in [0.1, 0.15) is 0 Å². The van der Waals surface area contributed by atoms with E-state index in [-0.39, 0.29) is 17.2 Å². The first-order chi connectivity index (χ1) is 13.5. The van der Waals surface area contributed by atoms with Gasteiger partial charge in [0.2, 0.25) is 0 Å². The van der Waals surface area contributed by atoms with Crippen LogP contribution in [0.5, 0.6) is 0 Å². The third-order valence-corrected chi connectivity index (χ3v) is 4.82. The number of amides is 3. The van der Waals surface area contributed by atoms with E-state index in [4.69, 9.17) is 0 Å². The maximum absolute atomic E-state index is 13.0. The molecule has 0 fully saturated rings. The van der Waals surface area contributed by atoms with E-state index in [1.165, 1.54) is 0 Å². The fraction of sp³-hybridized carbons (Fsp3) is 0.0870. The predicted molar refractivity (Wildman–Crippen MR) is 108 cm³/mol. The lowest BCUT2D eigenvalue weighted by molar-refractivity contribution is 0.0926. The van der Waals surface area contributed by atoms with Gasteiger partial charge in [-0.3, -0.25) is 14.4 Å². The number of rotatable bonds is 3. The van der Waals surface area contributed by atoms with Crippen molar-refractivity contribution in [2.24, 2.45) is 0 Å². The summed E-state index contributed by atoms with van der Waals surface area (Å²) in [6.07, 6.45) is 0. The number of hydrogen-bond donors (Lipinski definition) is 1. The predicted octanol–water partition coefficient (Wildman–Crippen LogP) is 4.36. The molecule has 3 amide bonds. The van der Waals surface area contributed by atoms with Crippen molar-refractivity contribution in [1.82, 2.24) is 0 Å². The number of hydrogen-bond acceptors (Lipinski definition) is 3. The van der Waals surface area contributed by atoms with Crippen molar-refractivity contribution < 1.29 is 14.4 Å². The van der Waals surface area contributed by atoms with Crippen molar-refractivity contribution in [3.8, 4) is 0 Å². The Balaban J connectivity index is 1.72. The van der Waals surface area contributed by atoms with Crippen molar-refractivity contribution in [2.75, 3.05) is 10.2 Å². The summed E-state index contributed by atoms with van der Waals surface area (Å²) in [5.74, 6) is -1.22. The molecule has 5 nitrogen and oxygen atoms in total. The molecule has 1 heterocycles. The average molecular weight is 370 g/mol. The van der Waals surface area contributed by atoms with Crippen molar-refractivity contribution in [3.05, 3.63) is 94.5 Å². The summed E-state index contributed by atoms with van der Waals surface area (Å²) in [6, 6.07) is 19.1. The number of carbonyl (C=O) groups excluding carboxylic acids is 3. The Morgan fingerprint density at radius 1 is 0.821 bits per heavy atom. The molecule has 0 atom stereocenters. The zero-order chi connectivity index (χ0) is 19.8. The Hall–Kier alpha value is -3.73. The topological polar surface area (TPSA) is 66.5 Å². The van der Waals surface area contributed by atoms with Gasteiger partial charge in [-0.25, -0.2) is 4.90 Å². The van der Waals surface area contributed by atoms with Gasteiger partial charge >= 0.3 is 0 Å². The number of benzene rings is 3. The van der Waals surface area contributed by atoms with Crippen molar-refractivity contribution in [3.63, 3.8) is 0 Å². The average Bonchev–Trinajstić information content (AvgIpc) is 2.95. The van der Waals surface area contributed by atoms with Gasteiger partial charge in [-0.1, -0.05) is 36.4 Å². The number of para-hydroxylation sites is 1. The van der Waals surface area contributed by atoms with Crippen molar-refractivity contribution >= 4 is 29.1 Å². The van der Waals surface area contributed by atoms with Gasteiger partial charge in [-0.05, 0) is 55.3 Å². The van der Waals surface area contributed by atoms with Crippen LogP contribution in [0.3, 0.4) is 0 Å². The standard InChI is InChI=1S/C23H18N2O3/c1-14-11-12-15(2)19(13-14)24-21(26)18-9-5-6-10-20(18)25-22(27)16-7-3-4-8-17(16)23(25)28/h3-13H,1-2H3,(H,24,26). The fourth-order valence-corrected chi connectivity index (χ4v) is 3.33. The number of anilines is 2. The summed E-state index contributed by atoms with van der Waals surface area (Å²) in [4.78, 5) is 39.7. The van der Waals surface area contributed by atoms with Gasteiger partial charge in [-0.2, -0.15) is 0 Å². The molecule has 3 aromatic carbocycles. The Morgan fingerprint density at radius 3 is 2.11 bits per heavy atom. The Kier molecular flexibility index (Phi) is 4.28. The molecule has 0 aromatic heterocycles. The lowest BCUT2D eigenvalue weighted by atomic mass is 10.1. The van der Waals surface area contributed by atoms with Crippen LogP contribution in [0.2, 0.25) is 0 Å². The quantitative estimate of drug-likeness (QED) is 0.697. The Bertz CT molecular complexity index is 1100. The molecule has 1 N–H and O–H groups in total. The first kappa shape index (κ1) is 17.7. The maximum Gasteiger partial charge on any atom is 0.266 e. The Morgan fingerprint density at radius 2 is 1.43 bits per heavy atom. The van der Waals surface area contributed by atoms with E-state index in [0.717, 1.165) is 16.0 Å². The molecule has 0 spiro atoms. The molecule has 0 bridgehead atoms. The van der Waals surface area contributed by atoms with Gasteiger partial charge < -0.3 is 5.32 Å². The third-order valence-electron chi connectivity index (χ3n) is 4.82. The van der Waals surface area contributed by atoms with Crippen LogP contribution >= 0.6 is 0 Å². The van der Waals surface area contributed by atoms with Crippen molar-refractivity contribution in [1.29, 1.82) is 0 Å². The molecule has 0 saturated carbocycles. The van der Waals surface area contributed by atoms with Gasteiger partial charge in [0.25, 0.3) is 17.7 Å². The summed E-state index contributed by atoms with van der Waals surface area (Å²) in [5.41, 5.74) is 3.87. The van der Waals surface area contributed by atoms with Crippen LogP contribution in [0.25, 0.3) is 0 Å². The van der Waals surface area contributed by atoms with Crippen LogP contribution < -0.4 is 10.2 Å². The summed E-state index contributed by atoms with van der Waals surface area (Å²) in [6.45, 7) is 3.85. The monoisotopic (exact) mass is 370 g/mol. The molecule has 5 heteroatoms. The van der Waals surface area contributed by atoms with Crippen LogP contribution in [0, 0.1) is 13.8 Å². The van der Waals surface area contributed by atoms with Crippen molar-refractivity contribution in [2.45, 2.75) is 13.8 Å². The molecule has 0 unspecified atom stereocenters. The van der Waals surface area contributed by atoms with E-state index >= 15 is 0 Å². The summed E-state index contributed by atoms with van der Waals surface area (Å²) >= 11 is 0. The lowest BCUT2D eigenvalue weighted by Gasteiger charge is -2.18. The minimum Gasteiger partial charge on any atom is -0.322 e. The second-order valence-electron chi connectivity index (χ2n) is 6.78. The maximum atomic E-state index is 13.0. The van der Waals surface area contributed by atoms with E-state index in [0.29, 0.717) is 16.8 Å². The summed E-state index contributed by atoms with van der Waals surface area (Å²) in [5, 5.41) is 2.89. The number of fused-ring (bicyclic) bond motifs is 1. The first-order valence-corrected chi connectivity index (χ1v) is 8.93. The molecule has 1 aliphatic heterocycles. The van der Waals surface area contributed by atoms with Gasteiger partial charge in [0, 0.05) is 5.69 Å². The van der Waals surface area contributed by atoms with Crippen LogP contribution in [0.1, 0.15) is 42.2 Å². The van der Waals surface area contributed by atoms with Crippen LogP contribution in [0.4, 0.5) is 11.4 Å². The molecule has 28 heavy (non-hydrogen) atoms. The van der Waals surface area contributed by atoms with Crippen LogP contribution in [0.15, 0.2) is 66.7 Å². The molecule has 0 saturated heterocycles. The highest BCUT2D eigenvalue weighted by atomic mass is 16.2. The van der Waals surface area contributed by atoms with Crippen LogP contribution in [-0.4, -0.2) is 17.7 Å². The number of carbonyl (C=O) groups is 3. The smallest absolute Gasteiger partial charge is 0.266 e. The van der Waals surface area contributed by atoms with Gasteiger partial charge in [0.05, 0.1) is 22.4 Å². The molecule has 0 aliphatic carbocycles. The number of aryl methyl sites for hydroxylation is 2. The summed E-state index contributed by atoms with van der Waals surface area (Å²) in [7, 11) is 0. The minimum atomic E-state index is -0.424. The highest BCUT2D eigenvalue weighted by Crippen LogP contribution is 2.31. The zero-order valence-corrected chi connectivity index (χ0v) is 15.5. The van der Waals surface area contributed by atoms with Gasteiger partial charge in [0.15, 0.2) is 0 Å². The second kappa shape index (κ2) is 6.78.